The molecule has 0 N–H and O–H groups in total. The molecule has 5 aromatic carbocycles. The summed E-state index contributed by atoms with van der Waals surface area (Å²) in [6.07, 6.45) is 0. The van der Waals surface area contributed by atoms with Crippen molar-refractivity contribution < 1.29 is 0 Å². The second-order valence-electron chi connectivity index (χ2n) is 7.68. The van der Waals surface area contributed by atoms with Gasteiger partial charge in [0.1, 0.15) is 0 Å². The van der Waals surface area contributed by atoms with E-state index in [1.165, 1.54) is 0 Å². The predicted molar refractivity (Wildman–Crippen MR) is 150 cm³/mol. The van der Waals surface area contributed by atoms with Crippen LogP contribution in [0.3, 0.4) is 0 Å². The highest BCUT2D eigenvalue weighted by molar-refractivity contribution is 9.11. The smallest absolute Gasteiger partial charge is 0.0345 e. The van der Waals surface area contributed by atoms with Crippen LogP contribution in [0.5, 0.6) is 0 Å². The first-order chi connectivity index (χ1) is 16.1. The lowest BCUT2D eigenvalue weighted by Gasteiger charge is -2.21. The Morgan fingerprint density at radius 3 is 1.12 bits per heavy atom. The van der Waals surface area contributed by atoms with Gasteiger partial charge in [0.05, 0.1) is 0 Å². The fourth-order valence-electron chi connectivity index (χ4n) is 4.01. The van der Waals surface area contributed by atoms with Crippen molar-refractivity contribution in [1.29, 1.82) is 0 Å². The molecule has 0 amide bonds. The second-order valence-corrected chi connectivity index (χ2v) is 10.3. The van der Waals surface area contributed by atoms with Crippen LogP contribution in [0, 0.1) is 6.07 Å². The van der Waals surface area contributed by atoms with Gasteiger partial charge in [0.25, 0.3) is 0 Å². The molecular weight excluding hydrogens is 600 g/mol. The van der Waals surface area contributed by atoms with Crippen LogP contribution in [0.1, 0.15) is 0 Å². The fourth-order valence-corrected chi connectivity index (χ4v) is 5.40. The molecule has 0 fully saturated rings. The summed E-state index contributed by atoms with van der Waals surface area (Å²) in [5.74, 6) is 0. The largest absolute Gasteiger partial charge is 0.0622 e. The molecular formula is C30H18Br3. The highest BCUT2D eigenvalue weighted by Gasteiger charge is 2.21. The minimum absolute atomic E-state index is 1.06. The molecule has 0 saturated heterocycles. The molecule has 0 aliphatic heterocycles. The van der Waals surface area contributed by atoms with Gasteiger partial charge in [0.15, 0.2) is 0 Å². The van der Waals surface area contributed by atoms with Gasteiger partial charge >= 0.3 is 0 Å². The maximum atomic E-state index is 4.04. The first-order valence-electron chi connectivity index (χ1n) is 10.5. The number of hydrogen-bond donors (Lipinski definition) is 0. The van der Waals surface area contributed by atoms with E-state index in [9.17, 15) is 0 Å². The van der Waals surface area contributed by atoms with Crippen molar-refractivity contribution in [2.24, 2.45) is 0 Å². The first-order valence-corrected chi connectivity index (χ1v) is 12.9. The van der Waals surface area contributed by atoms with Gasteiger partial charge in [0, 0.05) is 24.5 Å². The van der Waals surface area contributed by atoms with E-state index in [0.29, 0.717) is 0 Å². The summed E-state index contributed by atoms with van der Waals surface area (Å²) < 4.78 is 3.18. The summed E-state index contributed by atoms with van der Waals surface area (Å²) in [5.41, 5.74) is 8.95. The third-order valence-corrected chi connectivity index (χ3v) is 7.43. The summed E-state index contributed by atoms with van der Waals surface area (Å²) in [4.78, 5) is 0. The Kier molecular flexibility index (Phi) is 6.64. The normalized spacial score (nSPS) is 10.9. The Labute approximate surface area is 219 Å². The highest BCUT2D eigenvalue weighted by Crippen LogP contribution is 2.48. The zero-order chi connectivity index (χ0) is 22.8. The third-order valence-electron chi connectivity index (χ3n) is 5.58. The summed E-state index contributed by atoms with van der Waals surface area (Å²) in [6, 6.07) is 41.8. The molecule has 5 rings (SSSR count). The van der Waals surface area contributed by atoms with Gasteiger partial charge in [0.2, 0.25) is 0 Å². The molecule has 0 aliphatic carbocycles. The summed E-state index contributed by atoms with van der Waals surface area (Å²) in [5, 5.41) is 0. The van der Waals surface area contributed by atoms with E-state index in [0.717, 1.165) is 57.9 Å². The Bertz CT molecular complexity index is 1280. The monoisotopic (exact) mass is 615 g/mol. The molecule has 0 aromatic heterocycles. The van der Waals surface area contributed by atoms with Crippen molar-refractivity contribution in [3.63, 3.8) is 0 Å². The lowest BCUT2D eigenvalue weighted by molar-refractivity contribution is 1.50. The van der Waals surface area contributed by atoms with E-state index in [2.05, 4.69) is 163 Å². The number of benzene rings is 5. The third kappa shape index (κ3) is 4.63. The van der Waals surface area contributed by atoms with Gasteiger partial charge in [-0.05, 0) is 79.6 Å². The zero-order valence-electron chi connectivity index (χ0n) is 17.5. The van der Waals surface area contributed by atoms with E-state index in [1.54, 1.807) is 0 Å². The van der Waals surface area contributed by atoms with Crippen LogP contribution in [-0.4, -0.2) is 0 Å². The minimum atomic E-state index is 1.06. The van der Waals surface area contributed by atoms with Gasteiger partial charge in [-0.25, -0.2) is 0 Å². The molecule has 0 unspecified atom stereocenters. The summed E-state index contributed by atoms with van der Waals surface area (Å²) in [6.45, 7) is 0. The fraction of sp³-hybridized carbons (Fsp3) is 0. The van der Waals surface area contributed by atoms with Crippen molar-refractivity contribution in [3.05, 3.63) is 129 Å². The first kappa shape index (κ1) is 22.3. The van der Waals surface area contributed by atoms with Crippen molar-refractivity contribution in [1.82, 2.24) is 0 Å². The lowest BCUT2D eigenvalue weighted by atomic mass is 9.85. The highest BCUT2D eigenvalue weighted by atomic mass is 79.9. The average molecular weight is 618 g/mol. The van der Waals surface area contributed by atoms with Crippen LogP contribution in [0.15, 0.2) is 123 Å². The maximum Gasteiger partial charge on any atom is 0.0345 e. The molecule has 1 radical (unpaired) electrons. The number of hydrogen-bond acceptors (Lipinski definition) is 0. The van der Waals surface area contributed by atoms with Crippen molar-refractivity contribution in [2.45, 2.75) is 0 Å². The van der Waals surface area contributed by atoms with Gasteiger partial charge in [-0.1, -0.05) is 117 Å². The number of rotatable bonds is 4. The molecule has 0 heterocycles. The van der Waals surface area contributed by atoms with Crippen molar-refractivity contribution >= 4 is 47.8 Å². The Hall–Kier alpha value is -2.46. The minimum Gasteiger partial charge on any atom is -0.0622 e. The van der Waals surface area contributed by atoms with E-state index in [-0.39, 0.29) is 0 Å². The molecule has 159 valence electrons. The zero-order valence-corrected chi connectivity index (χ0v) is 22.3. The van der Waals surface area contributed by atoms with Crippen LogP contribution in [0.2, 0.25) is 0 Å². The van der Waals surface area contributed by atoms with Crippen molar-refractivity contribution in [3.8, 4) is 44.5 Å². The predicted octanol–water partition coefficient (Wildman–Crippen LogP) is 10.4. The van der Waals surface area contributed by atoms with E-state index >= 15 is 0 Å². The maximum absolute atomic E-state index is 4.04. The van der Waals surface area contributed by atoms with Gasteiger partial charge in [-0.2, -0.15) is 0 Å². The Balaban J connectivity index is 1.89. The van der Waals surface area contributed by atoms with E-state index < -0.39 is 0 Å². The SMILES string of the molecule is Brc1ccc(-c2[c]c(-c3ccc(Br)cc3)c(-c3ccccc3)c(Br)c2-c2ccccc2)cc1. The quantitative estimate of drug-likeness (QED) is 0.188. The number of halogens is 3. The van der Waals surface area contributed by atoms with Crippen LogP contribution >= 0.6 is 47.8 Å². The topological polar surface area (TPSA) is 0 Å². The molecule has 0 spiro atoms. The summed E-state index contributed by atoms with van der Waals surface area (Å²) >= 11 is 11.2. The molecule has 0 aliphatic rings. The van der Waals surface area contributed by atoms with Gasteiger partial charge in [-0.15, -0.1) is 0 Å². The molecule has 0 saturated carbocycles. The van der Waals surface area contributed by atoms with Gasteiger partial charge in [-0.3, -0.25) is 0 Å². The standard InChI is InChI=1S/C30H18Br3/c31-24-15-11-20(12-16-24)26-19-27(21-13-17-25(32)18-14-21)29(23-9-5-2-6-10-23)30(33)28(26)22-7-3-1-4-8-22/h1-18H. The lowest BCUT2D eigenvalue weighted by Crippen LogP contribution is -1.95. The van der Waals surface area contributed by atoms with Crippen LogP contribution < -0.4 is 0 Å². The van der Waals surface area contributed by atoms with Crippen LogP contribution in [-0.2, 0) is 0 Å². The molecule has 3 heteroatoms. The second kappa shape index (κ2) is 9.80. The molecule has 5 aromatic rings. The molecule has 0 bridgehead atoms. The average Bonchev–Trinajstić information content (AvgIpc) is 2.85. The summed E-state index contributed by atoms with van der Waals surface area (Å²) in [7, 11) is 0. The Morgan fingerprint density at radius 2 is 0.758 bits per heavy atom. The van der Waals surface area contributed by atoms with Crippen LogP contribution in [0.4, 0.5) is 0 Å². The molecule has 0 atom stereocenters. The van der Waals surface area contributed by atoms with Crippen LogP contribution in [0.25, 0.3) is 44.5 Å². The van der Waals surface area contributed by atoms with E-state index in [1.807, 2.05) is 0 Å². The Morgan fingerprint density at radius 1 is 0.394 bits per heavy atom. The van der Waals surface area contributed by atoms with Gasteiger partial charge < -0.3 is 0 Å². The molecule has 33 heavy (non-hydrogen) atoms. The van der Waals surface area contributed by atoms with E-state index in [4.69, 9.17) is 0 Å². The van der Waals surface area contributed by atoms with Crippen molar-refractivity contribution in [2.75, 3.05) is 0 Å². The molecule has 0 nitrogen and oxygen atoms in total.